The number of hydrazone groups is 1. The number of hydrogen-bond acceptors (Lipinski definition) is 3. The summed E-state index contributed by atoms with van der Waals surface area (Å²) in [4.78, 5) is 12.3. The third-order valence-electron chi connectivity index (χ3n) is 4.02. The van der Waals surface area contributed by atoms with E-state index in [1.54, 1.807) is 13.3 Å². The molecule has 0 radical (unpaired) electrons. The average Bonchev–Trinajstić information content (AvgIpc) is 2.61. The monoisotopic (exact) mass is 338 g/mol. The van der Waals surface area contributed by atoms with Gasteiger partial charge in [0.15, 0.2) is 0 Å². The minimum absolute atomic E-state index is 0.124. The maximum atomic E-state index is 12.3. The maximum absolute atomic E-state index is 12.3. The molecule has 4 nitrogen and oxygen atoms in total. The molecule has 132 valence electrons. The van der Waals surface area contributed by atoms with Crippen LogP contribution in [0.1, 0.15) is 43.4 Å². The van der Waals surface area contributed by atoms with E-state index in [0.29, 0.717) is 5.92 Å². The lowest BCUT2D eigenvalue weighted by Gasteiger charge is -2.11. The minimum Gasteiger partial charge on any atom is -0.497 e. The lowest BCUT2D eigenvalue weighted by molar-refractivity contribution is -0.122. The molecule has 25 heavy (non-hydrogen) atoms. The van der Waals surface area contributed by atoms with Crippen LogP contribution in [0, 0.1) is 5.92 Å². The van der Waals surface area contributed by atoms with Gasteiger partial charge in [0.1, 0.15) is 5.75 Å². The summed E-state index contributed by atoms with van der Waals surface area (Å²) in [5.41, 5.74) is 5.78. The van der Waals surface area contributed by atoms with Gasteiger partial charge < -0.3 is 4.74 Å². The van der Waals surface area contributed by atoms with Gasteiger partial charge in [-0.3, -0.25) is 4.79 Å². The normalized spacial score (nSPS) is 12.4. The maximum Gasteiger partial charge on any atom is 0.247 e. The second-order valence-electron chi connectivity index (χ2n) is 6.57. The van der Waals surface area contributed by atoms with E-state index in [4.69, 9.17) is 4.74 Å². The first-order valence-corrected chi connectivity index (χ1v) is 8.55. The molecule has 2 aromatic carbocycles. The van der Waals surface area contributed by atoms with E-state index in [1.807, 2.05) is 43.3 Å². The first-order valence-electron chi connectivity index (χ1n) is 8.55. The largest absolute Gasteiger partial charge is 0.497 e. The highest BCUT2D eigenvalue weighted by Crippen LogP contribution is 2.17. The van der Waals surface area contributed by atoms with Crippen molar-refractivity contribution < 1.29 is 9.53 Å². The molecule has 0 aliphatic heterocycles. The summed E-state index contributed by atoms with van der Waals surface area (Å²) in [5.74, 6) is 1.04. The molecule has 0 aliphatic rings. The number of methoxy groups -OCH3 is 1. The molecule has 0 heterocycles. The third-order valence-corrected chi connectivity index (χ3v) is 4.02. The second-order valence-corrected chi connectivity index (χ2v) is 6.57. The van der Waals surface area contributed by atoms with Crippen molar-refractivity contribution in [3.05, 3.63) is 65.2 Å². The van der Waals surface area contributed by atoms with Crippen molar-refractivity contribution in [2.45, 2.75) is 33.1 Å². The fourth-order valence-electron chi connectivity index (χ4n) is 2.52. The van der Waals surface area contributed by atoms with Crippen LogP contribution < -0.4 is 10.2 Å². The molecule has 4 heteroatoms. The highest BCUT2D eigenvalue weighted by Gasteiger charge is 2.14. The highest BCUT2D eigenvalue weighted by atomic mass is 16.5. The Hall–Kier alpha value is -2.62. The van der Waals surface area contributed by atoms with Crippen LogP contribution in [-0.2, 0) is 11.2 Å². The molecular weight excluding hydrogens is 312 g/mol. The molecule has 0 aromatic heterocycles. The summed E-state index contributed by atoms with van der Waals surface area (Å²) in [6, 6.07) is 15.7. The second kappa shape index (κ2) is 9.02. The first-order chi connectivity index (χ1) is 12.0. The van der Waals surface area contributed by atoms with Gasteiger partial charge in [0, 0.05) is 0 Å². The van der Waals surface area contributed by atoms with Crippen molar-refractivity contribution in [3.8, 4) is 5.75 Å². The van der Waals surface area contributed by atoms with Crippen LogP contribution in [0.2, 0.25) is 0 Å². The zero-order valence-electron chi connectivity index (χ0n) is 15.3. The van der Waals surface area contributed by atoms with E-state index < -0.39 is 0 Å². The molecule has 1 N–H and O–H groups in total. The number of carbonyl (C=O) groups is 1. The molecule has 1 amide bonds. The van der Waals surface area contributed by atoms with Gasteiger partial charge in [-0.15, -0.1) is 0 Å². The molecule has 0 saturated carbocycles. The Balaban J connectivity index is 1.91. The molecule has 0 unspecified atom stereocenters. The van der Waals surface area contributed by atoms with E-state index in [9.17, 15) is 4.79 Å². The van der Waals surface area contributed by atoms with Gasteiger partial charge in [-0.25, -0.2) is 5.43 Å². The molecule has 2 aromatic rings. The van der Waals surface area contributed by atoms with Crippen molar-refractivity contribution in [3.63, 3.8) is 0 Å². The number of rotatable bonds is 7. The Bertz CT molecular complexity index is 704. The van der Waals surface area contributed by atoms with Crippen LogP contribution >= 0.6 is 0 Å². The van der Waals surface area contributed by atoms with Crippen LogP contribution in [0.25, 0.3) is 0 Å². The summed E-state index contributed by atoms with van der Waals surface area (Å²) in [5, 5.41) is 4.04. The molecule has 0 fully saturated rings. The molecule has 2 rings (SSSR count). The fraction of sp³-hybridized carbons (Fsp3) is 0.333. The predicted octanol–water partition coefficient (Wildman–Crippen LogP) is 4.15. The molecule has 0 bridgehead atoms. The van der Waals surface area contributed by atoms with Crippen molar-refractivity contribution >= 4 is 12.1 Å². The first kappa shape index (κ1) is 18.7. The van der Waals surface area contributed by atoms with E-state index >= 15 is 0 Å². The van der Waals surface area contributed by atoms with Crippen LogP contribution in [-0.4, -0.2) is 19.2 Å². The zero-order valence-corrected chi connectivity index (χ0v) is 15.3. The number of benzene rings is 2. The Labute approximate surface area is 149 Å². The summed E-state index contributed by atoms with van der Waals surface area (Å²) < 4.78 is 5.11. The van der Waals surface area contributed by atoms with Crippen molar-refractivity contribution in [2.75, 3.05) is 7.11 Å². The third kappa shape index (κ3) is 5.75. The lowest BCUT2D eigenvalue weighted by Crippen LogP contribution is -2.23. The number of carbonyl (C=O) groups excluding carboxylic acids is 1. The van der Waals surface area contributed by atoms with Gasteiger partial charge in [0.05, 0.1) is 19.2 Å². The molecule has 0 aliphatic carbocycles. The Morgan fingerprint density at radius 3 is 2.28 bits per heavy atom. The van der Waals surface area contributed by atoms with Crippen LogP contribution in [0.4, 0.5) is 0 Å². The van der Waals surface area contributed by atoms with E-state index in [-0.39, 0.29) is 11.8 Å². The smallest absolute Gasteiger partial charge is 0.247 e. The van der Waals surface area contributed by atoms with Crippen LogP contribution in [0.15, 0.2) is 53.6 Å². The summed E-state index contributed by atoms with van der Waals surface area (Å²) in [6.45, 7) is 6.28. The summed E-state index contributed by atoms with van der Waals surface area (Å²) in [7, 11) is 1.63. The molecule has 1 atom stereocenters. The quantitative estimate of drug-likeness (QED) is 0.609. The lowest BCUT2D eigenvalue weighted by atomic mass is 9.96. The van der Waals surface area contributed by atoms with Crippen molar-refractivity contribution in [1.82, 2.24) is 5.43 Å². The minimum atomic E-state index is -0.249. The van der Waals surface area contributed by atoms with Gasteiger partial charge >= 0.3 is 0 Å². The average molecular weight is 338 g/mol. The van der Waals surface area contributed by atoms with Crippen LogP contribution in [0.3, 0.4) is 0 Å². The SMILES string of the molecule is COc1ccc(/C=N\NC(=O)[C@@H](C)c2ccc(CC(C)C)cc2)cc1. The van der Waals surface area contributed by atoms with Gasteiger partial charge in [0.2, 0.25) is 5.91 Å². The molecule has 0 spiro atoms. The number of amides is 1. The fourth-order valence-corrected chi connectivity index (χ4v) is 2.52. The van der Waals surface area contributed by atoms with E-state index in [1.165, 1.54) is 5.56 Å². The topological polar surface area (TPSA) is 50.7 Å². The molecule has 0 saturated heterocycles. The van der Waals surface area contributed by atoms with Crippen molar-refractivity contribution in [1.29, 1.82) is 0 Å². The number of nitrogens with zero attached hydrogens (tertiary/aromatic N) is 1. The highest BCUT2D eigenvalue weighted by molar-refractivity contribution is 5.85. The predicted molar refractivity (Wildman–Crippen MR) is 102 cm³/mol. The van der Waals surface area contributed by atoms with Crippen molar-refractivity contribution in [2.24, 2.45) is 11.0 Å². The summed E-state index contributed by atoms with van der Waals surface area (Å²) in [6.07, 6.45) is 2.67. The standard InChI is InChI=1S/C21H26N2O2/c1-15(2)13-17-5-9-19(10-6-17)16(3)21(24)23-22-14-18-7-11-20(25-4)12-8-18/h5-12,14-16H,13H2,1-4H3,(H,23,24)/b22-14-/t16-/m0/s1. The molecular formula is C21H26N2O2. The Kier molecular flexibility index (Phi) is 6.75. The Morgan fingerprint density at radius 1 is 1.08 bits per heavy atom. The van der Waals surface area contributed by atoms with Gasteiger partial charge in [-0.05, 0) is 60.2 Å². The number of nitrogens with one attached hydrogen (secondary N) is 1. The van der Waals surface area contributed by atoms with Gasteiger partial charge in [0.25, 0.3) is 0 Å². The van der Waals surface area contributed by atoms with Gasteiger partial charge in [-0.2, -0.15) is 5.10 Å². The Morgan fingerprint density at radius 2 is 1.72 bits per heavy atom. The van der Waals surface area contributed by atoms with E-state index in [0.717, 1.165) is 23.3 Å². The number of ether oxygens (including phenoxy) is 1. The summed E-state index contributed by atoms with van der Waals surface area (Å²) >= 11 is 0. The van der Waals surface area contributed by atoms with Gasteiger partial charge in [-0.1, -0.05) is 38.1 Å². The zero-order chi connectivity index (χ0) is 18.2. The van der Waals surface area contributed by atoms with E-state index in [2.05, 4.69) is 36.5 Å². The van der Waals surface area contributed by atoms with Crippen LogP contribution in [0.5, 0.6) is 5.75 Å². The number of hydrogen-bond donors (Lipinski definition) is 1.